The first-order valence-electron chi connectivity index (χ1n) is 41.9. The standard InChI is InChI=1S/C58H32O4.C58H32O2S2/c1-3-19-51-43(13-1)47-17-7-15-41(57(47)61-51)37-11-5-9-33(25-37)35-21-23-45-49-27-39-28-50-46-24-22-36(30-54(46)60-56(50)32-40(39)31-55(49)59-53(45)29-35)34-10-6-12-38(26-34)42-16-8-18-48-44-14-2-4-20-52(44)62-58(42)48;1-3-13-55-45(11-1)49-25-37(17-21-57(49)61-55)33-7-5-9-35(23-33)39-15-19-43-47-27-41-28-48-44-20-16-40(30-52(44)60-54(48)32-42(41)31-53(47)59-51(43)29-39)36-10-6-8-34(24-36)38-18-22-58-50(26-38)46-12-2-4-14-56(46)62-58/h2*1-32H. The van der Waals surface area contributed by atoms with Crippen molar-refractivity contribution in [2.75, 3.05) is 0 Å². The van der Waals surface area contributed by atoms with Gasteiger partial charge in [-0.3, -0.25) is 0 Å². The zero-order valence-corrected chi connectivity index (χ0v) is 67.8. The van der Waals surface area contributed by atoms with Gasteiger partial charge in [-0.15, -0.1) is 22.7 Å². The molecule has 8 heteroatoms. The number of benzene rings is 20. The molecular weight excluding hydrogens is 1550 g/mol. The summed E-state index contributed by atoms with van der Waals surface area (Å²) in [5.41, 5.74) is 28.8. The van der Waals surface area contributed by atoms with Gasteiger partial charge in [0.1, 0.15) is 67.0 Å². The van der Waals surface area contributed by atoms with Crippen molar-refractivity contribution in [3.05, 3.63) is 388 Å². The van der Waals surface area contributed by atoms with Crippen LogP contribution in [-0.4, -0.2) is 0 Å². The Morgan fingerprint density at radius 3 is 0.742 bits per heavy atom. The van der Waals surface area contributed by atoms with Crippen molar-refractivity contribution in [1.29, 1.82) is 0 Å². The monoisotopic (exact) mass is 1620 g/mol. The lowest BCUT2D eigenvalue weighted by atomic mass is 9.96. The Morgan fingerprint density at radius 2 is 0.379 bits per heavy atom. The molecule has 0 saturated heterocycles. The Labute approximate surface area is 714 Å². The fraction of sp³-hybridized carbons (Fsp3) is 0. The Bertz CT molecular complexity index is 8900. The van der Waals surface area contributed by atoms with Crippen LogP contribution in [0.15, 0.2) is 415 Å². The molecule has 0 saturated carbocycles. The van der Waals surface area contributed by atoms with E-state index in [-0.39, 0.29) is 0 Å². The molecule has 0 radical (unpaired) electrons. The lowest BCUT2D eigenvalue weighted by molar-refractivity contribution is 0.668. The van der Waals surface area contributed by atoms with Crippen LogP contribution in [0.3, 0.4) is 0 Å². The topological polar surface area (TPSA) is 78.8 Å². The third kappa shape index (κ3) is 11.0. The molecule has 576 valence electrons. The fourth-order valence-electron chi connectivity index (χ4n) is 19.6. The average molecular weight is 1620 g/mol. The molecule has 0 bridgehead atoms. The number of rotatable bonds is 8. The minimum Gasteiger partial charge on any atom is -0.456 e. The average Bonchev–Trinajstić information content (AvgIpc) is 1.59. The van der Waals surface area contributed by atoms with Crippen LogP contribution in [0, 0.1) is 0 Å². The summed E-state index contributed by atoms with van der Waals surface area (Å²) in [4.78, 5) is 0. The van der Waals surface area contributed by atoms with E-state index in [1.807, 2.05) is 46.9 Å². The van der Waals surface area contributed by atoms with Gasteiger partial charge in [-0.1, -0.05) is 218 Å². The molecular formula is C116H64O6S2. The van der Waals surface area contributed by atoms with Crippen molar-refractivity contribution in [3.8, 4) is 89.0 Å². The van der Waals surface area contributed by atoms with E-state index in [1.54, 1.807) is 0 Å². The molecule has 0 aliphatic carbocycles. The van der Waals surface area contributed by atoms with E-state index in [9.17, 15) is 0 Å². The molecule has 28 rings (SSSR count). The highest BCUT2D eigenvalue weighted by Crippen LogP contribution is 2.47. The maximum Gasteiger partial charge on any atom is 0.143 e. The molecule has 0 unspecified atom stereocenters. The van der Waals surface area contributed by atoms with Gasteiger partial charge < -0.3 is 26.5 Å². The van der Waals surface area contributed by atoms with Crippen LogP contribution in [0.1, 0.15) is 0 Å². The Balaban J connectivity index is 0.000000130. The van der Waals surface area contributed by atoms with Crippen LogP contribution in [-0.2, 0) is 0 Å². The van der Waals surface area contributed by atoms with E-state index < -0.39 is 0 Å². The second-order valence-electron chi connectivity index (χ2n) is 32.8. The molecule has 0 N–H and O–H groups in total. The van der Waals surface area contributed by atoms with Crippen LogP contribution in [0.2, 0.25) is 0 Å². The molecule has 0 fully saturated rings. The molecule has 28 aromatic rings. The van der Waals surface area contributed by atoms with Gasteiger partial charge >= 0.3 is 0 Å². The molecule has 8 heterocycles. The van der Waals surface area contributed by atoms with Crippen LogP contribution in [0.4, 0.5) is 0 Å². The smallest absolute Gasteiger partial charge is 0.143 e. The molecule has 124 heavy (non-hydrogen) atoms. The summed E-state index contributed by atoms with van der Waals surface area (Å²) in [6.45, 7) is 0. The number of hydrogen-bond donors (Lipinski definition) is 0. The maximum atomic E-state index is 6.60. The van der Waals surface area contributed by atoms with E-state index >= 15 is 0 Å². The maximum absolute atomic E-state index is 6.60. The Kier molecular flexibility index (Phi) is 14.9. The molecule has 0 aliphatic rings. The highest BCUT2D eigenvalue weighted by Gasteiger charge is 2.22. The first kappa shape index (κ1) is 69.0. The van der Waals surface area contributed by atoms with Crippen LogP contribution in [0.25, 0.3) is 283 Å². The normalized spacial score (nSPS) is 12.2. The number of hydrogen-bond acceptors (Lipinski definition) is 8. The zero-order valence-electron chi connectivity index (χ0n) is 66.2. The van der Waals surface area contributed by atoms with Crippen LogP contribution >= 0.6 is 22.7 Å². The molecule has 0 amide bonds. The summed E-state index contributed by atoms with van der Waals surface area (Å²) in [7, 11) is 0. The van der Waals surface area contributed by atoms with Gasteiger partial charge in [-0.05, 0) is 269 Å². The van der Waals surface area contributed by atoms with Gasteiger partial charge in [-0.25, -0.2) is 0 Å². The molecule has 6 nitrogen and oxygen atoms in total. The predicted octanol–water partition coefficient (Wildman–Crippen LogP) is 35.1. The minimum absolute atomic E-state index is 0.853. The second-order valence-corrected chi connectivity index (χ2v) is 35.0. The quantitative estimate of drug-likeness (QED) is 0.151. The fourth-order valence-corrected chi connectivity index (χ4v) is 21.7. The Morgan fingerprint density at radius 1 is 0.129 bits per heavy atom. The zero-order chi connectivity index (χ0) is 80.9. The summed E-state index contributed by atoms with van der Waals surface area (Å²) in [6.07, 6.45) is 0. The van der Waals surface area contributed by atoms with Crippen molar-refractivity contribution < 1.29 is 26.5 Å². The number of fused-ring (bicyclic) bond motifs is 26. The Hall–Kier alpha value is -15.8. The van der Waals surface area contributed by atoms with Gasteiger partial charge in [0, 0.05) is 116 Å². The number of furan rings is 6. The summed E-state index contributed by atoms with van der Waals surface area (Å²) < 4.78 is 44.4. The summed E-state index contributed by atoms with van der Waals surface area (Å²) >= 11 is 3.71. The third-order valence-corrected chi connectivity index (χ3v) is 28.0. The van der Waals surface area contributed by atoms with Gasteiger partial charge in [0.25, 0.3) is 0 Å². The third-order valence-electron chi connectivity index (χ3n) is 25.7. The van der Waals surface area contributed by atoms with Gasteiger partial charge in [-0.2, -0.15) is 0 Å². The first-order valence-corrected chi connectivity index (χ1v) is 43.5. The van der Waals surface area contributed by atoms with E-state index in [4.69, 9.17) is 26.5 Å². The number of thiophene rings is 2. The summed E-state index contributed by atoms with van der Waals surface area (Å²) in [6, 6.07) is 139. The second kappa shape index (κ2) is 26.8. The highest BCUT2D eigenvalue weighted by atomic mass is 32.1. The van der Waals surface area contributed by atoms with Crippen molar-refractivity contribution in [2.24, 2.45) is 0 Å². The molecule has 8 aromatic heterocycles. The van der Waals surface area contributed by atoms with Crippen molar-refractivity contribution >= 4 is 216 Å². The highest BCUT2D eigenvalue weighted by molar-refractivity contribution is 7.26. The summed E-state index contributed by atoms with van der Waals surface area (Å²) in [5, 5.41) is 23.1. The van der Waals surface area contributed by atoms with E-state index in [0.717, 1.165) is 209 Å². The SMILES string of the molecule is c1cc(-c2ccc3c(c2)oc2cc4cc5oc6cc(-c7cccc(-c8ccc9sc%10ccccc%10c9c8)c7)ccc6c5cc4cc23)cc(-c2ccc3sc4ccccc4c3c2)c1.c1cc(-c2ccc3c(c2)oc2cc4cc5oc6cc(-c7cccc(-c8cccc9c8oc8ccccc89)c7)ccc6c5cc4cc23)cc(-c2cccc3c2oc2ccccc23)c1. The largest absolute Gasteiger partial charge is 0.456 e. The van der Waals surface area contributed by atoms with Crippen LogP contribution < -0.4 is 0 Å². The number of para-hydroxylation sites is 4. The van der Waals surface area contributed by atoms with Gasteiger partial charge in [0.2, 0.25) is 0 Å². The van der Waals surface area contributed by atoms with Crippen LogP contribution in [0.5, 0.6) is 0 Å². The minimum atomic E-state index is 0.853. The first-order chi connectivity index (χ1) is 61.3. The van der Waals surface area contributed by atoms with Crippen molar-refractivity contribution in [1.82, 2.24) is 0 Å². The van der Waals surface area contributed by atoms with E-state index in [1.165, 1.54) is 73.7 Å². The van der Waals surface area contributed by atoms with Gasteiger partial charge in [0.15, 0.2) is 0 Å². The van der Waals surface area contributed by atoms with E-state index in [2.05, 4.69) is 364 Å². The summed E-state index contributed by atoms with van der Waals surface area (Å²) in [5.74, 6) is 0. The van der Waals surface area contributed by atoms with Crippen molar-refractivity contribution in [2.45, 2.75) is 0 Å². The lowest BCUT2D eigenvalue weighted by Gasteiger charge is -2.07. The molecule has 20 aromatic carbocycles. The molecule has 0 spiro atoms. The lowest BCUT2D eigenvalue weighted by Crippen LogP contribution is -1.82. The van der Waals surface area contributed by atoms with Gasteiger partial charge in [0.05, 0.1) is 0 Å². The van der Waals surface area contributed by atoms with E-state index in [0.29, 0.717) is 0 Å². The molecule has 0 atom stereocenters. The molecule has 0 aliphatic heterocycles. The predicted molar refractivity (Wildman–Crippen MR) is 521 cm³/mol. The van der Waals surface area contributed by atoms with Crippen molar-refractivity contribution in [3.63, 3.8) is 0 Å².